The number of likely N-dealkylation sites (tertiary alicyclic amines) is 1. The second kappa shape index (κ2) is 7.72. The minimum Gasteiger partial charge on any atom is -0.494 e. The van der Waals surface area contributed by atoms with Crippen LogP contribution >= 0.6 is 0 Å². The Labute approximate surface area is 152 Å². The third kappa shape index (κ3) is 3.36. The Morgan fingerprint density at radius 2 is 2.12 bits per heavy atom. The number of carbonyl (C=O) groups is 3. The number of imide groups is 1. The van der Waals surface area contributed by atoms with E-state index in [1.807, 2.05) is 19.1 Å². The standard InChI is InChI=1S/C20H23NO5/c1-3-26-14-8-6-7-13(11-14)17(12-18(22)25-2)21-19(23)15-9-4-5-10-16(15)20(21)24/h4,6-9,11,15-17H,3,5,10,12H2,1-2H3. The summed E-state index contributed by atoms with van der Waals surface area (Å²) in [6.07, 6.45) is 5.13. The summed E-state index contributed by atoms with van der Waals surface area (Å²) in [6.45, 7) is 2.38. The van der Waals surface area contributed by atoms with Gasteiger partial charge in [0.15, 0.2) is 0 Å². The fraction of sp³-hybridized carbons (Fsp3) is 0.450. The van der Waals surface area contributed by atoms with E-state index in [-0.39, 0.29) is 24.2 Å². The summed E-state index contributed by atoms with van der Waals surface area (Å²) >= 11 is 0. The largest absolute Gasteiger partial charge is 0.494 e. The molecule has 1 aliphatic heterocycles. The van der Waals surface area contributed by atoms with Crippen molar-refractivity contribution in [1.82, 2.24) is 4.90 Å². The lowest BCUT2D eigenvalue weighted by Crippen LogP contribution is -2.36. The number of amides is 2. The Hall–Kier alpha value is -2.63. The fourth-order valence-corrected chi connectivity index (χ4v) is 3.70. The zero-order valence-corrected chi connectivity index (χ0v) is 15.0. The van der Waals surface area contributed by atoms with Crippen LogP contribution in [0.15, 0.2) is 36.4 Å². The molecule has 0 radical (unpaired) electrons. The predicted molar refractivity (Wildman–Crippen MR) is 94.2 cm³/mol. The molecule has 1 aromatic carbocycles. The zero-order valence-electron chi connectivity index (χ0n) is 15.0. The Kier molecular flexibility index (Phi) is 5.40. The number of carbonyl (C=O) groups excluding carboxylic acids is 3. The van der Waals surface area contributed by atoms with Crippen LogP contribution in [0, 0.1) is 11.8 Å². The van der Waals surface area contributed by atoms with Crippen molar-refractivity contribution in [3.05, 3.63) is 42.0 Å². The number of allylic oxidation sites excluding steroid dienone is 1. The molecule has 1 heterocycles. The van der Waals surface area contributed by atoms with E-state index in [4.69, 9.17) is 9.47 Å². The highest BCUT2D eigenvalue weighted by molar-refractivity contribution is 6.06. The molecule has 0 aromatic heterocycles. The molecule has 3 rings (SSSR count). The maximum Gasteiger partial charge on any atom is 0.307 e. The number of fused-ring (bicyclic) bond motifs is 1. The Morgan fingerprint density at radius 3 is 2.81 bits per heavy atom. The second-order valence-electron chi connectivity index (χ2n) is 6.49. The maximum atomic E-state index is 12.9. The van der Waals surface area contributed by atoms with Crippen LogP contribution in [0.3, 0.4) is 0 Å². The lowest BCUT2D eigenvalue weighted by atomic mass is 9.86. The van der Waals surface area contributed by atoms with Gasteiger partial charge in [-0.3, -0.25) is 19.3 Å². The molecule has 6 heteroatoms. The van der Waals surface area contributed by atoms with Gasteiger partial charge < -0.3 is 9.47 Å². The first-order valence-electron chi connectivity index (χ1n) is 8.90. The Bertz CT molecular complexity index is 741. The number of ether oxygens (including phenoxy) is 2. The summed E-state index contributed by atoms with van der Waals surface area (Å²) in [5, 5.41) is 0. The first-order chi connectivity index (χ1) is 12.6. The van der Waals surface area contributed by atoms with Gasteiger partial charge in [0, 0.05) is 0 Å². The van der Waals surface area contributed by atoms with Crippen molar-refractivity contribution in [2.75, 3.05) is 13.7 Å². The molecule has 0 N–H and O–H groups in total. The number of esters is 1. The van der Waals surface area contributed by atoms with Gasteiger partial charge in [0.2, 0.25) is 11.8 Å². The molecule has 138 valence electrons. The summed E-state index contributed by atoms with van der Waals surface area (Å²) in [5.41, 5.74) is 0.686. The van der Waals surface area contributed by atoms with Gasteiger partial charge in [-0.2, -0.15) is 0 Å². The molecule has 3 atom stereocenters. The monoisotopic (exact) mass is 357 g/mol. The van der Waals surface area contributed by atoms with E-state index in [9.17, 15) is 14.4 Å². The summed E-state index contributed by atoms with van der Waals surface area (Å²) in [6, 6.07) is 6.48. The molecule has 6 nitrogen and oxygen atoms in total. The molecule has 1 saturated heterocycles. The number of benzene rings is 1. The minimum atomic E-state index is -0.693. The van der Waals surface area contributed by atoms with Crippen LogP contribution in [0.1, 0.15) is 37.8 Å². The van der Waals surface area contributed by atoms with E-state index >= 15 is 0 Å². The van der Waals surface area contributed by atoms with Crippen LogP contribution in [0.5, 0.6) is 5.75 Å². The van der Waals surface area contributed by atoms with Crippen LogP contribution in [-0.2, 0) is 19.1 Å². The molecular formula is C20H23NO5. The zero-order chi connectivity index (χ0) is 18.7. The van der Waals surface area contributed by atoms with Crippen molar-refractivity contribution < 1.29 is 23.9 Å². The minimum absolute atomic E-state index is 0.0767. The molecule has 3 unspecified atom stereocenters. The summed E-state index contributed by atoms with van der Waals surface area (Å²) < 4.78 is 10.3. The molecule has 1 aliphatic carbocycles. The van der Waals surface area contributed by atoms with Gasteiger partial charge >= 0.3 is 5.97 Å². The Morgan fingerprint density at radius 1 is 1.31 bits per heavy atom. The number of hydrogen-bond donors (Lipinski definition) is 0. The first kappa shape index (κ1) is 18.2. The smallest absolute Gasteiger partial charge is 0.307 e. The number of hydrogen-bond acceptors (Lipinski definition) is 5. The highest BCUT2D eigenvalue weighted by Crippen LogP contribution is 2.40. The first-order valence-corrected chi connectivity index (χ1v) is 8.90. The van der Waals surface area contributed by atoms with Crippen LogP contribution in [-0.4, -0.2) is 36.4 Å². The third-order valence-electron chi connectivity index (χ3n) is 4.95. The predicted octanol–water partition coefficient (Wildman–Crippen LogP) is 2.64. The SMILES string of the molecule is CCOc1cccc(C(CC(=O)OC)N2C(=O)C3C=CCCC3C2=O)c1. The highest BCUT2D eigenvalue weighted by atomic mass is 16.5. The van der Waals surface area contributed by atoms with Gasteiger partial charge in [-0.25, -0.2) is 0 Å². The Balaban J connectivity index is 1.97. The van der Waals surface area contributed by atoms with E-state index in [0.29, 0.717) is 24.3 Å². The van der Waals surface area contributed by atoms with Crippen LogP contribution in [0.4, 0.5) is 0 Å². The average molecular weight is 357 g/mol. The molecule has 26 heavy (non-hydrogen) atoms. The van der Waals surface area contributed by atoms with Crippen molar-refractivity contribution in [2.24, 2.45) is 11.8 Å². The molecule has 0 bridgehead atoms. The van der Waals surface area contributed by atoms with Crippen molar-refractivity contribution in [1.29, 1.82) is 0 Å². The molecule has 2 aliphatic rings. The van der Waals surface area contributed by atoms with Crippen LogP contribution < -0.4 is 4.74 Å². The van der Waals surface area contributed by atoms with Crippen molar-refractivity contribution in [3.63, 3.8) is 0 Å². The maximum absolute atomic E-state index is 12.9. The normalized spacial score (nSPS) is 22.9. The third-order valence-corrected chi connectivity index (χ3v) is 4.95. The van der Waals surface area contributed by atoms with E-state index in [1.54, 1.807) is 24.3 Å². The second-order valence-corrected chi connectivity index (χ2v) is 6.49. The van der Waals surface area contributed by atoms with Crippen molar-refractivity contribution in [3.8, 4) is 5.75 Å². The highest BCUT2D eigenvalue weighted by Gasteiger charge is 2.50. The molecule has 1 fully saturated rings. The van der Waals surface area contributed by atoms with Gasteiger partial charge in [0.05, 0.1) is 38.0 Å². The van der Waals surface area contributed by atoms with E-state index in [2.05, 4.69) is 0 Å². The van der Waals surface area contributed by atoms with Crippen LogP contribution in [0.2, 0.25) is 0 Å². The van der Waals surface area contributed by atoms with Gasteiger partial charge in [0.1, 0.15) is 5.75 Å². The lowest BCUT2D eigenvalue weighted by molar-refractivity contribution is -0.147. The number of nitrogens with zero attached hydrogens (tertiary/aromatic N) is 1. The number of methoxy groups -OCH3 is 1. The summed E-state index contributed by atoms with van der Waals surface area (Å²) in [5.74, 6) is -1.04. The fourth-order valence-electron chi connectivity index (χ4n) is 3.70. The van der Waals surface area contributed by atoms with Gasteiger partial charge in [0.25, 0.3) is 0 Å². The summed E-state index contributed by atoms with van der Waals surface area (Å²) in [4.78, 5) is 39.1. The van der Waals surface area contributed by atoms with E-state index < -0.39 is 17.9 Å². The molecular weight excluding hydrogens is 334 g/mol. The molecule has 0 spiro atoms. The van der Waals surface area contributed by atoms with Gasteiger partial charge in [-0.1, -0.05) is 24.3 Å². The van der Waals surface area contributed by atoms with E-state index in [0.717, 1.165) is 6.42 Å². The van der Waals surface area contributed by atoms with Crippen LogP contribution in [0.25, 0.3) is 0 Å². The van der Waals surface area contributed by atoms with Crippen molar-refractivity contribution >= 4 is 17.8 Å². The number of rotatable bonds is 6. The average Bonchev–Trinajstić information content (AvgIpc) is 2.91. The molecule has 2 amide bonds. The van der Waals surface area contributed by atoms with Gasteiger partial charge in [-0.05, 0) is 37.5 Å². The van der Waals surface area contributed by atoms with Gasteiger partial charge in [-0.15, -0.1) is 0 Å². The lowest BCUT2D eigenvalue weighted by Gasteiger charge is -2.26. The summed E-state index contributed by atoms with van der Waals surface area (Å²) in [7, 11) is 1.30. The topological polar surface area (TPSA) is 72.9 Å². The van der Waals surface area contributed by atoms with E-state index in [1.165, 1.54) is 12.0 Å². The quantitative estimate of drug-likeness (QED) is 0.445. The molecule has 1 aromatic rings. The molecule has 0 saturated carbocycles. The van der Waals surface area contributed by atoms with Crippen molar-refractivity contribution in [2.45, 2.75) is 32.2 Å².